The maximum Gasteiger partial charge on any atom is 0.406 e. The SMILES string of the molecule is CC(C)c1ncccc1-c1c2c3cc(ccc3n1CC(F)(F)F)-c1csc(n1)C[C@H](NC(=O)[C@H](C1CCCC1)N1CC[C@]3(CCN(C(=O)[C@H]4[C@@H](C5CC5)N4C)C3)C1)C(=O)N1CCC[C@H](N1)C(=O)OCC(C)(C)C2. The lowest BCUT2D eigenvalue weighted by molar-refractivity contribution is -0.155. The summed E-state index contributed by atoms with van der Waals surface area (Å²) in [5, 5.41) is 7.87. The van der Waals surface area contributed by atoms with Gasteiger partial charge in [0.25, 0.3) is 5.91 Å². The summed E-state index contributed by atoms with van der Waals surface area (Å²) in [6, 6.07) is 7.09. The Morgan fingerprint density at radius 2 is 1.78 bits per heavy atom. The van der Waals surface area contributed by atoms with E-state index in [9.17, 15) is 27.6 Å². The van der Waals surface area contributed by atoms with Gasteiger partial charge in [0.2, 0.25) is 11.8 Å². The average Bonchev–Trinajstić information content (AvgIpc) is 3.82. The first-order chi connectivity index (χ1) is 34.9. The normalized spacial score (nSPS) is 28.5. The predicted octanol–water partition coefficient (Wildman–Crippen LogP) is 7.74. The number of ether oxygens (including phenoxy) is 1. The number of fused-ring (bicyclic) bond motifs is 6. The van der Waals surface area contributed by atoms with Gasteiger partial charge in [-0.25, -0.2) is 10.4 Å². The zero-order valence-electron chi connectivity index (χ0n) is 42.8. The summed E-state index contributed by atoms with van der Waals surface area (Å²) in [4.78, 5) is 74.3. The number of thiazole rings is 1. The van der Waals surface area contributed by atoms with Crippen LogP contribution in [0.3, 0.4) is 0 Å². The van der Waals surface area contributed by atoms with Gasteiger partial charge in [0.1, 0.15) is 24.7 Å². The summed E-state index contributed by atoms with van der Waals surface area (Å²) in [5.74, 6) is -0.159. The topological polar surface area (TPSA) is 145 Å². The third-order valence-electron chi connectivity index (χ3n) is 17.2. The van der Waals surface area contributed by atoms with Gasteiger partial charge in [-0.15, -0.1) is 11.3 Å². The molecule has 18 heteroatoms. The molecule has 392 valence electrons. The number of rotatable bonds is 9. The van der Waals surface area contributed by atoms with Crippen molar-refractivity contribution in [3.63, 3.8) is 0 Å². The van der Waals surface area contributed by atoms with Crippen LogP contribution in [0.15, 0.2) is 41.9 Å². The molecule has 4 saturated heterocycles. The van der Waals surface area contributed by atoms with Gasteiger partial charge in [-0.2, -0.15) is 13.2 Å². The van der Waals surface area contributed by atoms with Crippen LogP contribution in [-0.4, -0.2) is 141 Å². The summed E-state index contributed by atoms with van der Waals surface area (Å²) in [5.41, 5.74) is 6.48. The van der Waals surface area contributed by atoms with E-state index < -0.39 is 42.2 Å². The predicted molar refractivity (Wildman–Crippen MR) is 272 cm³/mol. The van der Waals surface area contributed by atoms with Crippen molar-refractivity contribution in [3.8, 4) is 22.5 Å². The van der Waals surface area contributed by atoms with Gasteiger partial charge in [0.05, 0.1) is 34.7 Å². The Balaban J connectivity index is 0.918. The average molecular weight is 1030 g/mol. The van der Waals surface area contributed by atoms with E-state index in [0.29, 0.717) is 87.6 Å². The highest BCUT2D eigenvalue weighted by Gasteiger charge is 2.59. The number of halogens is 3. The van der Waals surface area contributed by atoms with Gasteiger partial charge in [-0.1, -0.05) is 46.6 Å². The number of benzene rings is 1. The van der Waals surface area contributed by atoms with Gasteiger partial charge < -0.3 is 19.5 Å². The molecule has 3 aromatic heterocycles. The number of carbonyl (C=O) groups is 4. The molecule has 1 spiro atoms. The van der Waals surface area contributed by atoms with E-state index in [1.165, 1.54) is 33.8 Å². The molecule has 5 aliphatic heterocycles. The first-order valence-corrected chi connectivity index (χ1v) is 27.7. The van der Waals surface area contributed by atoms with Crippen LogP contribution >= 0.6 is 11.3 Å². The van der Waals surface area contributed by atoms with Crippen LogP contribution in [0.1, 0.15) is 114 Å². The fourth-order valence-corrected chi connectivity index (χ4v) is 14.2. The third-order valence-corrected chi connectivity index (χ3v) is 18.1. The van der Waals surface area contributed by atoms with Crippen molar-refractivity contribution in [2.24, 2.45) is 22.7 Å². The van der Waals surface area contributed by atoms with Gasteiger partial charge >= 0.3 is 12.1 Å². The summed E-state index contributed by atoms with van der Waals surface area (Å²) < 4.78 is 51.6. The molecule has 7 aliphatic rings. The van der Waals surface area contributed by atoms with E-state index in [0.717, 1.165) is 58.2 Å². The lowest BCUT2D eigenvalue weighted by Crippen LogP contribution is -2.62. The summed E-state index contributed by atoms with van der Waals surface area (Å²) in [6.45, 7) is 9.81. The second kappa shape index (κ2) is 19.3. The monoisotopic (exact) mass is 1030 g/mol. The molecule has 2 N–H and O–H groups in total. The number of pyridine rings is 1. The number of aromatic nitrogens is 3. The molecule has 1 aromatic carbocycles. The van der Waals surface area contributed by atoms with Crippen molar-refractivity contribution in [1.82, 2.24) is 45.0 Å². The molecule has 2 saturated carbocycles. The highest BCUT2D eigenvalue weighted by molar-refractivity contribution is 7.10. The second-order valence-electron chi connectivity index (χ2n) is 23.7. The Morgan fingerprint density at radius 1 is 1.00 bits per heavy atom. The Morgan fingerprint density at radius 3 is 2.53 bits per heavy atom. The summed E-state index contributed by atoms with van der Waals surface area (Å²) in [6.07, 6.45) is 6.57. The molecule has 1 unspecified atom stereocenters. The number of hydrogen-bond donors (Lipinski definition) is 2. The number of carbonyl (C=O) groups excluding carboxylic acids is 4. The Kier molecular flexibility index (Phi) is 13.3. The Labute approximate surface area is 429 Å². The number of nitrogens with zero attached hydrogens (tertiary/aromatic N) is 7. The minimum Gasteiger partial charge on any atom is -0.464 e. The number of esters is 1. The lowest BCUT2D eigenvalue weighted by Gasteiger charge is -2.37. The molecule has 73 heavy (non-hydrogen) atoms. The van der Waals surface area contributed by atoms with Crippen LogP contribution in [0.2, 0.25) is 0 Å². The minimum atomic E-state index is -4.54. The van der Waals surface area contributed by atoms with Crippen LogP contribution in [0.4, 0.5) is 13.2 Å². The quantitative estimate of drug-likeness (QED) is 0.126. The van der Waals surface area contributed by atoms with Crippen LogP contribution in [0.5, 0.6) is 0 Å². The van der Waals surface area contributed by atoms with Crippen molar-refractivity contribution in [3.05, 3.63) is 58.2 Å². The molecule has 7 atom stereocenters. The van der Waals surface area contributed by atoms with Crippen molar-refractivity contribution in [2.45, 2.75) is 154 Å². The van der Waals surface area contributed by atoms with Gasteiger partial charge in [0.15, 0.2) is 0 Å². The summed E-state index contributed by atoms with van der Waals surface area (Å²) in [7, 11) is 2.07. The number of likely N-dealkylation sites (N-methyl/N-ethyl adjacent to an activating group) is 1. The molecular formula is C55H70F3N9O5S. The number of cyclic esters (lactones) is 1. The molecule has 8 heterocycles. The largest absolute Gasteiger partial charge is 0.464 e. The first-order valence-electron chi connectivity index (χ1n) is 26.8. The van der Waals surface area contributed by atoms with Crippen molar-refractivity contribution >= 4 is 45.9 Å². The number of hydrazine groups is 1. The zero-order chi connectivity index (χ0) is 51.1. The maximum absolute atomic E-state index is 15.1. The number of hydrogen-bond acceptors (Lipinski definition) is 11. The molecule has 11 rings (SSSR count). The van der Waals surface area contributed by atoms with E-state index >= 15 is 4.79 Å². The van der Waals surface area contributed by atoms with Gasteiger partial charge in [-0.05, 0) is 119 Å². The molecule has 2 aliphatic carbocycles. The van der Waals surface area contributed by atoms with E-state index in [1.54, 1.807) is 24.4 Å². The fourth-order valence-electron chi connectivity index (χ4n) is 13.4. The standard InChI is InChI=1S/C55H70F3N9O5S/c1-32(2)44-36(12-8-20-59-44)47-38-26-53(3,4)31-72-52(71)39-13-9-21-67(62-39)50(69)40(25-43-60-41(27-73-43)35-16-17-42(37(38)24-35)66(47)30-55(56,57)58)61-49(68)46(33-10-6-7-11-33)64-22-18-54(28-64)19-23-65(29-54)51(70)48-45(63(48)5)34-14-15-34/h8,12,16-17,20,24,27,32-34,39-40,45-46,48,62H,6-7,9-11,13-15,18-19,21-23,25-26,28-31H2,1-5H3,(H,61,68)/t39-,40-,45+,46-,48+,54-,63?/m0/s1. The van der Waals surface area contributed by atoms with E-state index in [1.807, 2.05) is 45.2 Å². The molecule has 4 aromatic rings. The van der Waals surface area contributed by atoms with Gasteiger partial charge in [0, 0.05) is 83.1 Å². The number of alkyl halides is 3. The highest BCUT2D eigenvalue weighted by Crippen LogP contribution is 2.49. The van der Waals surface area contributed by atoms with Crippen LogP contribution in [-0.2, 0) is 43.3 Å². The van der Waals surface area contributed by atoms with Crippen LogP contribution in [0.25, 0.3) is 33.4 Å². The molecule has 0 radical (unpaired) electrons. The van der Waals surface area contributed by atoms with E-state index in [-0.39, 0.29) is 60.5 Å². The van der Waals surface area contributed by atoms with Crippen molar-refractivity contribution < 1.29 is 37.1 Å². The molecule has 6 bridgehead atoms. The Hall–Kier alpha value is -4.91. The highest BCUT2D eigenvalue weighted by atomic mass is 32.1. The van der Waals surface area contributed by atoms with Crippen LogP contribution in [0, 0.1) is 22.7 Å². The maximum atomic E-state index is 15.1. The smallest absolute Gasteiger partial charge is 0.406 e. The summed E-state index contributed by atoms with van der Waals surface area (Å²) >= 11 is 1.37. The van der Waals surface area contributed by atoms with Crippen molar-refractivity contribution in [1.29, 1.82) is 0 Å². The van der Waals surface area contributed by atoms with E-state index in [2.05, 4.69) is 37.5 Å². The molecular weight excluding hydrogens is 956 g/mol. The number of nitrogens with one attached hydrogen (secondary N) is 2. The lowest BCUT2D eigenvalue weighted by atomic mass is 9.84. The molecule has 3 amide bonds. The molecule has 6 fully saturated rings. The van der Waals surface area contributed by atoms with Gasteiger partial charge in [-0.3, -0.25) is 39.0 Å². The number of amides is 3. The second-order valence-corrected chi connectivity index (χ2v) is 24.6. The van der Waals surface area contributed by atoms with Crippen molar-refractivity contribution in [2.75, 3.05) is 46.4 Å². The van der Waals surface area contributed by atoms with Crippen LogP contribution < -0.4 is 10.7 Å². The minimum absolute atomic E-state index is 0.00537. The third kappa shape index (κ3) is 10.1. The fraction of sp³-hybridized carbons (Fsp3) is 0.636. The Bertz CT molecular complexity index is 2780. The molecule has 14 nitrogen and oxygen atoms in total. The number of likely N-dealkylation sites (tertiary alicyclic amines) is 2. The zero-order valence-corrected chi connectivity index (χ0v) is 43.6. The first kappa shape index (κ1) is 50.3. The van der Waals surface area contributed by atoms with E-state index in [4.69, 9.17) is 9.72 Å².